The monoisotopic (exact) mass is 372 g/mol. The number of aryl methyl sites for hydroxylation is 1. The quantitative estimate of drug-likeness (QED) is 0.506. The van der Waals surface area contributed by atoms with Crippen molar-refractivity contribution in [3.05, 3.63) is 70.9 Å². The summed E-state index contributed by atoms with van der Waals surface area (Å²) < 4.78 is 12.1. The van der Waals surface area contributed by atoms with Gasteiger partial charge in [0, 0.05) is 6.54 Å². The molecule has 136 valence electrons. The van der Waals surface area contributed by atoms with E-state index in [1.165, 1.54) is 24.4 Å². The number of esters is 1. The van der Waals surface area contributed by atoms with Crippen molar-refractivity contribution in [2.45, 2.75) is 31.0 Å². The van der Waals surface area contributed by atoms with E-state index in [4.69, 9.17) is 4.42 Å². The highest BCUT2D eigenvalue weighted by Gasteiger charge is 2.14. The van der Waals surface area contributed by atoms with Gasteiger partial charge in [-0.2, -0.15) is 0 Å². The largest absolute Gasteiger partial charge is 0.463 e. The maximum Gasteiger partial charge on any atom is 0.373 e. The number of aliphatic hydroxyl groups is 1. The number of benzene rings is 1. The lowest BCUT2D eigenvalue weighted by atomic mass is 10.1. The van der Waals surface area contributed by atoms with Crippen LogP contribution in [0.4, 0.5) is 0 Å². The lowest BCUT2D eigenvalue weighted by Gasteiger charge is -2.11. The van der Waals surface area contributed by atoms with Crippen LogP contribution in [0, 0.1) is 6.92 Å². The van der Waals surface area contributed by atoms with E-state index in [2.05, 4.69) is 34.8 Å². The summed E-state index contributed by atoms with van der Waals surface area (Å²) in [7, 11) is 1.32. The summed E-state index contributed by atoms with van der Waals surface area (Å²) in [4.78, 5) is 15.9. The maximum atomic E-state index is 11.5. The Morgan fingerprint density at radius 2 is 2.19 bits per heavy atom. The van der Waals surface area contributed by atoms with Crippen LogP contribution < -0.4 is 0 Å². The summed E-state index contributed by atoms with van der Waals surface area (Å²) in [5.74, 6) is 0.866. The second-order valence-corrected chi connectivity index (χ2v) is 6.75. The Balaban J connectivity index is 1.75. The van der Waals surface area contributed by atoms with E-state index < -0.39 is 5.97 Å². The summed E-state index contributed by atoms with van der Waals surface area (Å²) in [6, 6.07) is 11.6. The van der Waals surface area contributed by atoms with Gasteiger partial charge in [-0.3, -0.25) is 0 Å². The Morgan fingerprint density at radius 3 is 2.92 bits per heavy atom. The molecule has 7 heteroatoms. The molecule has 0 amide bonds. The Bertz CT molecular complexity index is 901. The molecule has 3 aromatic rings. The van der Waals surface area contributed by atoms with Crippen molar-refractivity contribution in [3.8, 4) is 0 Å². The van der Waals surface area contributed by atoms with Crippen LogP contribution in [-0.4, -0.2) is 27.7 Å². The Hall–Kier alpha value is -2.51. The molecular weight excluding hydrogens is 352 g/mol. The van der Waals surface area contributed by atoms with E-state index in [1.807, 2.05) is 10.6 Å². The number of ether oxygens (including phenoxy) is 1. The molecule has 0 fully saturated rings. The predicted octanol–water partition coefficient (Wildman–Crippen LogP) is 3.40. The minimum Gasteiger partial charge on any atom is -0.463 e. The van der Waals surface area contributed by atoms with Crippen molar-refractivity contribution < 1.29 is 19.1 Å². The fourth-order valence-corrected chi connectivity index (χ4v) is 3.49. The van der Waals surface area contributed by atoms with Crippen molar-refractivity contribution >= 4 is 17.7 Å². The fraction of sp³-hybridized carbons (Fsp3) is 0.263. The van der Waals surface area contributed by atoms with Crippen molar-refractivity contribution in [3.63, 3.8) is 0 Å². The molecule has 0 radical (unpaired) electrons. The van der Waals surface area contributed by atoms with Crippen molar-refractivity contribution in [2.24, 2.45) is 0 Å². The number of methoxy groups -OCH3 is 1. The molecule has 2 heterocycles. The van der Waals surface area contributed by atoms with Gasteiger partial charge in [0.05, 0.1) is 31.4 Å². The molecule has 0 saturated carbocycles. The molecule has 0 aliphatic heterocycles. The zero-order chi connectivity index (χ0) is 18.5. The molecular formula is C19H20N2O4S. The number of carbonyl (C=O) groups is 1. The molecule has 0 unspecified atom stereocenters. The lowest BCUT2D eigenvalue weighted by Crippen LogP contribution is -2.06. The smallest absolute Gasteiger partial charge is 0.373 e. The van der Waals surface area contributed by atoms with E-state index in [0.717, 1.165) is 16.4 Å². The van der Waals surface area contributed by atoms with Gasteiger partial charge in [0.25, 0.3) is 0 Å². The van der Waals surface area contributed by atoms with Gasteiger partial charge in [0.1, 0.15) is 5.76 Å². The summed E-state index contributed by atoms with van der Waals surface area (Å²) in [6.45, 7) is 2.61. The molecule has 0 saturated heterocycles. The van der Waals surface area contributed by atoms with Gasteiger partial charge in [-0.25, -0.2) is 9.78 Å². The van der Waals surface area contributed by atoms with Gasteiger partial charge in [-0.05, 0) is 24.6 Å². The van der Waals surface area contributed by atoms with E-state index >= 15 is 0 Å². The number of imidazole rings is 1. The Morgan fingerprint density at radius 1 is 1.35 bits per heavy atom. The molecule has 0 aliphatic rings. The molecule has 0 atom stereocenters. The number of thioether (sulfide) groups is 1. The third-order valence-electron chi connectivity index (χ3n) is 3.88. The highest BCUT2D eigenvalue weighted by molar-refractivity contribution is 7.98. The van der Waals surface area contributed by atoms with Crippen LogP contribution in [0.3, 0.4) is 0 Å². The normalized spacial score (nSPS) is 10.9. The second kappa shape index (κ2) is 8.25. The van der Waals surface area contributed by atoms with Crippen LogP contribution in [0.25, 0.3) is 0 Å². The molecule has 26 heavy (non-hydrogen) atoms. The Labute approximate surface area is 155 Å². The van der Waals surface area contributed by atoms with Crippen LogP contribution in [0.15, 0.2) is 52.2 Å². The first kappa shape index (κ1) is 18.3. The second-order valence-electron chi connectivity index (χ2n) is 5.81. The van der Waals surface area contributed by atoms with Crippen molar-refractivity contribution in [2.75, 3.05) is 7.11 Å². The number of hydrogen-bond acceptors (Lipinski definition) is 6. The number of hydrogen-bond donors (Lipinski definition) is 1. The predicted molar refractivity (Wildman–Crippen MR) is 98.0 cm³/mol. The van der Waals surface area contributed by atoms with Crippen molar-refractivity contribution in [1.82, 2.24) is 9.55 Å². The standard InChI is InChI=1S/C19H20N2O4S/c1-13-4-3-5-14(8-13)10-21-15(11-22)9-20-19(21)26-12-16-6-7-17(25-16)18(23)24-2/h3-9,22H,10-12H2,1-2H3. The number of aliphatic hydroxyl groups excluding tert-OH is 1. The first-order valence-electron chi connectivity index (χ1n) is 8.11. The van der Waals surface area contributed by atoms with Gasteiger partial charge in [0.15, 0.2) is 5.16 Å². The zero-order valence-corrected chi connectivity index (χ0v) is 15.5. The maximum absolute atomic E-state index is 11.5. The van der Waals surface area contributed by atoms with Gasteiger partial charge in [0.2, 0.25) is 5.76 Å². The van der Waals surface area contributed by atoms with Crippen LogP contribution in [0.2, 0.25) is 0 Å². The summed E-state index contributed by atoms with van der Waals surface area (Å²) >= 11 is 1.49. The highest BCUT2D eigenvalue weighted by Crippen LogP contribution is 2.25. The van der Waals surface area contributed by atoms with Gasteiger partial charge < -0.3 is 18.8 Å². The van der Waals surface area contributed by atoms with Crippen LogP contribution in [0.5, 0.6) is 0 Å². The minimum atomic E-state index is -0.496. The number of carbonyl (C=O) groups excluding carboxylic acids is 1. The molecule has 1 aromatic carbocycles. The summed E-state index contributed by atoms with van der Waals surface area (Å²) in [5.41, 5.74) is 3.09. The molecule has 2 aromatic heterocycles. The SMILES string of the molecule is COC(=O)c1ccc(CSc2ncc(CO)n2Cc2cccc(C)c2)o1. The molecule has 0 bridgehead atoms. The van der Waals surface area contributed by atoms with Gasteiger partial charge in [-0.1, -0.05) is 41.6 Å². The van der Waals surface area contributed by atoms with E-state index in [0.29, 0.717) is 18.1 Å². The van der Waals surface area contributed by atoms with Crippen LogP contribution >= 0.6 is 11.8 Å². The molecule has 0 aliphatic carbocycles. The van der Waals surface area contributed by atoms with Gasteiger partial charge in [-0.15, -0.1) is 0 Å². The first-order chi connectivity index (χ1) is 12.6. The summed E-state index contributed by atoms with van der Waals surface area (Å²) in [5, 5.41) is 10.4. The molecule has 3 rings (SSSR count). The van der Waals surface area contributed by atoms with E-state index in [9.17, 15) is 9.90 Å². The number of rotatable bonds is 7. The van der Waals surface area contributed by atoms with Crippen molar-refractivity contribution in [1.29, 1.82) is 0 Å². The fourth-order valence-electron chi connectivity index (χ4n) is 2.60. The lowest BCUT2D eigenvalue weighted by molar-refractivity contribution is 0.0563. The topological polar surface area (TPSA) is 77.5 Å². The Kier molecular flexibility index (Phi) is 5.80. The summed E-state index contributed by atoms with van der Waals surface area (Å²) in [6.07, 6.45) is 1.68. The average molecular weight is 372 g/mol. The molecule has 1 N–H and O–H groups in total. The van der Waals surface area contributed by atoms with Crippen LogP contribution in [0.1, 0.15) is 33.1 Å². The zero-order valence-electron chi connectivity index (χ0n) is 14.6. The van der Waals surface area contributed by atoms with Crippen LogP contribution in [-0.2, 0) is 23.6 Å². The first-order valence-corrected chi connectivity index (χ1v) is 9.10. The third kappa shape index (κ3) is 4.17. The van der Waals surface area contributed by atoms with E-state index in [1.54, 1.807) is 18.3 Å². The number of nitrogens with zero attached hydrogens (tertiary/aromatic N) is 2. The van der Waals surface area contributed by atoms with Gasteiger partial charge >= 0.3 is 5.97 Å². The number of furan rings is 1. The molecule has 0 spiro atoms. The number of aromatic nitrogens is 2. The molecule has 6 nitrogen and oxygen atoms in total. The average Bonchev–Trinajstić information content (AvgIpc) is 3.26. The van der Waals surface area contributed by atoms with E-state index in [-0.39, 0.29) is 12.4 Å². The third-order valence-corrected chi connectivity index (χ3v) is 4.89. The minimum absolute atomic E-state index is 0.0768. The highest BCUT2D eigenvalue weighted by atomic mass is 32.2.